The van der Waals surface area contributed by atoms with Crippen molar-refractivity contribution in [3.8, 4) is 0 Å². The summed E-state index contributed by atoms with van der Waals surface area (Å²) in [6, 6.07) is 10.5. The van der Waals surface area contributed by atoms with Gasteiger partial charge in [-0.15, -0.1) is 0 Å². The summed E-state index contributed by atoms with van der Waals surface area (Å²) in [5, 5.41) is 2.61. The maximum Gasteiger partial charge on any atom is 0.441 e. The fourth-order valence-corrected chi connectivity index (χ4v) is 3.47. The van der Waals surface area contributed by atoms with Crippen LogP contribution in [-0.2, 0) is 10.5 Å². The van der Waals surface area contributed by atoms with Crippen molar-refractivity contribution < 1.29 is 22.7 Å². The molecule has 2 amide bonds. The summed E-state index contributed by atoms with van der Waals surface area (Å²) in [5.74, 6) is 0. The zero-order chi connectivity index (χ0) is 19.1. The van der Waals surface area contributed by atoms with Crippen LogP contribution in [0.5, 0.6) is 0 Å². The Balaban J connectivity index is 2.27. The molecule has 2 aromatic rings. The Morgan fingerprint density at radius 1 is 1.19 bits per heavy atom. The molecule has 0 unspecified atom stereocenters. The average Bonchev–Trinajstić information content (AvgIpc) is 2.60. The standard InChI is InChI=1S/C18H16ClF3N2O2/c1-11(12-6-4-3-5-7-12)24-16(25)23-15-9-8-13(19)10-14(15)17(24,26-2)18(20,21)22/h3-11H,1-2H3,(H,23,25)/t11-,17-/m1/s1. The van der Waals surface area contributed by atoms with Crippen LogP contribution in [0.25, 0.3) is 0 Å². The molecule has 0 spiro atoms. The van der Waals surface area contributed by atoms with Gasteiger partial charge in [0.05, 0.1) is 11.7 Å². The van der Waals surface area contributed by atoms with E-state index in [9.17, 15) is 18.0 Å². The summed E-state index contributed by atoms with van der Waals surface area (Å²) in [5.41, 5.74) is -2.68. The van der Waals surface area contributed by atoms with Crippen LogP contribution in [0.2, 0.25) is 5.02 Å². The van der Waals surface area contributed by atoms with Gasteiger partial charge in [-0.25, -0.2) is 4.79 Å². The Hall–Kier alpha value is -2.25. The van der Waals surface area contributed by atoms with Crippen LogP contribution in [0.1, 0.15) is 24.1 Å². The molecule has 2 aromatic carbocycles. The largest absolute Gasteiger partial charge is 0.441 e. The third-order valence-electron chi connectivity index (χ3n) is 4.50. The van der Waals surface area contributed by atoms with Gasteiger partial charge in [0.25, 0.3) is 5.72 Å². The number of nitrogens with zero attached hydrogens (tertiary/aromatic N) is 1. The van der Waals surface area contributed by atoms with E-state index in [0.29, 0.717) is 10.5 Å². The number of rotatable bonds is 3. The predicted octanol–water partition coefficient (Wildman–Crippen LogP) is 5.31. The number of amides is 2. The molecule has 4 nitrogen and oxygen atoms in total. The molecule has 1 heterocycles. The number of hydrogen-bond acceptors (Lipinski definition) is 2. The molecule has 0 aromatic heterocycles. The maximum atomic E-state index is 14.3. The van der Waals surface area contributed by atoms with Crippen molar-refractivity contribution in [3.63, 3.8) is 0 Å². The monoisotopic (exact) mass is 384 g/mol. The average molecular weight is 385 g/mol. The number of carbonyl (C=O) groups is 1. The van der Waals surface area contributed by atoms with E-state index in [1.807, 2.05) is 0 Å². The summed E-state index contributed by atoms with van der Waals surface area (Å²) in [6.07, 6.45) is -4.90. The van der Waals surface area contributed by atoms with Crippen molar-refractivity contribution in [1.82, 2.24) is 4.90 Å². The van der Waals surface area contributed by atoms with E-state index in [1.54, 1.807) is 30.3 Å². The maximum absolute atomic E-state index is 14.3. The quantitative estimate of drug-likeness (QED) is 0.779. The number of halogens is 4. The van der Waals surface area contributed by atoms with Crippen LogP contribution in [0.3, 0.4) is 0 Å². The van der Waals surface area contributed by atoms with Crippen molar-refractivity contribution in [2.24, 2.45) is 0 Å². The lowest BCUT2D eigenvalue weighted by molar-refractivity contribution is -0.328. The molecule has 1 aliphatic rings. The normalized spacial score (nSPS) is 21.2. The number of ether oxygens (including phenoxy) is 1. The topological polar surface area (TPSA) is 41.6 Å². The first-order valence-electron chi connectivity index (χ1n) is 7.79. The Morgan fingerprint density at radius 3 is 2.42 bits per heavy atom. The Kier molecular flexibility index (Phi) is 4.62. The van der Waals surface area contributed by atoms with Gasteiger partial charge in [0.1, 0.15) is 0 Å². The van der Waals surface area contributed by atoms with E-state index in [1.165, 1.54) is 19.1 Å². The fourth-order valence-electron chi connectivity index (χ4n) is 3.30. The van der Waals surface area contributed by atoms with Gasteiger partial charge in [-0.05, 0) is 30.7 Å². The van der Waals surface area contributed by atoms with Crippen molar-refractivity contribution in [3.05, 3.63) is 64.7 Å². The number of fused-ring (bicyclic) bond motifs is 1. The highest BCUT2D eigenvalue weighted by molar-refractivity contribution is 6.30. The lowest BCUT2D eigenvalue weighted by Crippen LogP contribution is -2.63. The van der Waals surface area contributed by atoms with E-state index in [4.69, 9.17) is 16.3 Å². The molecule has 0 aliphatic carbocycles. The van der Waals surface area contributed by atoms with Gasteiger partial charge in [-0.2, -0.15) is 13.2 Å². The molecule has 26 heavy (non-hydrogen) atoms. The third-order valence-corrected chi connectivity index (χ3v) is 4.73. The zero-order valence-electron chi connectivity index (χ0n) is 14.0. The van der Waals surface area contributed by atoms with E-state index in [2.05, 4.69) is 5.32 Å². The van der Waals surface area contributed by atoms with Crippen molar-refractivity contribution in [2.75, 3.05) is 12.4 Å². The molecular weight excluding hydrogens is 369 g/mol. The highest BCUT2D eigenvalue weighted by Gasteiger charge is 2.66. The summed E-state index contributed by atoms with van der Waals surface area (Å²) in [4.78, 5) is 13.3. The molecule has 0 radical (unpaired) electrons. The minimum Gasteiger partial charge on any atom is -0.347 e. The minimum absolute atomic E-state index is 0.00934. The van der Waals surface area contributed by atoms with E-state index >= 15 is 0 Å². The highest BCUT2D eigenvalue weighted by atomic mass is 35.5. The third kappa shape index (κ3) is 2.71. The smallest absolute Gasteiger partial charge is 0.347 e. The van der Waals surface area contributed by atoms with Crippen molar-refractivity contribution >= 4 is 23.3 Å². The molecular formula is C18H16ClF3N2O2. The van der Waals surface area contributed by atoms with Crippen LogP contribution in [0.15, 0.2) is 48.5 Å². The first-order valence-corrected chi connectivity index (χ1v) is 8.17. The summed E-state index contributed by atoms with van der Waals surface area (Å²) in [6.45, 7) is 1.52. The van der Waals surface area contributed by atoms with Gasteiger partial charge in [-0.3, -0.25) is 4.90 Å². The van der Waals surface area contributed by atoms with Crippen LogP contribution >= 0.6 is 11.6 Å². The van der Waals surface area contributed by atoms with Gasteiger partial charge < -0.3 is 10.1 Å². The van der Waals surface area contributed by atoms with Gasteiger partial charge in [0.2, 0.25) is 0 Å². The van der Waals surface area contributed by atoms with Crippen LogP contribution in [-0.4, -0.2) is 24.2 Å². The van der Waals surface area contributed by atoms with E-state index in [-0.39, 0.29) is 16.3 Å². The molecule has 1 aliphatic heterocycles. The molecule has 138 valence electrons. The predicted molar refractivity (Wildman–Crippen MR) is 91.9 cm³/mol. The first kappa shape index (κ1) is 18.5. The summed E-state index contributed by atoms with van der Waals surface area (Å²) < 4.78 is 48.0. The van der Waals surface area contributed by atoms with Crippen molar-refractivity contribution in [2.45, 2.75) is 24.9 Å². The van der Waals surface area contributed by atoms with Gasteiger partial charge in [0.15, 0.2) is 0 Å². The molecule has 0 saturated carbocycles. The number of anilines is 1. The van der Waals surface area contributed by atoms with Crippen LogP contribution < -0.4 is 5.32 Å². The van der Waals surface area contributed by atoms with Gasteiger partial charge >= 0.3 is 12.2 Å². The number of nitrogens with one attached hydrogen (secondary N) is 1. The number of carbonyl (C=O) groups excluding carboxylic acids is 1. The van der Waals surface area contributed by atoms with Gasteiger partial charge in [0, 0.05) is 17.7 Å². The number of alkyl halides is 3. The minimum atomic E-state index is -4.90. The highest BCUT2D eigenvalue weighted by Crippen LogP contribution is 2.52. The van der Waals surface area contributed by atoms with Crippen LogP contribution in [0.4, 0.5) is 23.7 Å². The molecule has 2 atom stereocenters. The molecule has 8 heteroatoms. The molecule has 0 bridgehead atoms. The van der Waals surface area contributed by atoms with E-state index in [0.717, 1.165) is 13.2 Å². The summed E-state index contributed by atoms with van der Waals surface area (Å²) in [7, 11) is 0.932. The summed E-state index contributed by atoms with van der Waals surface area (Å²) >= 11 is 5.94. The number of methoxy groups -OCH3 is 1. The SMILES string of the molecule is CO[C@@]1(C(F)(F)F)c2cc(Cl)ccc2NC(=O)N1[C@H](C)c1ccccc1. The van der Waals surface area contributed by atoms with Crippen LogP contribution in [0, 0.1) is 0 Å². The lowest BCUT2D eigenvalue weighted by Gasteiger charge is -2.49. The first-order chi connectivity index (χ1) is 12.2. The van der Waals surface area contributed by atoms with Crippen molar-refractivity contribution in [1.29, 1.82) is 0 Å². The van der Waals surface area contributed by atoms with E-state index < -0.39 is 24.0 Å². The molecule has 1 N–H and O–H groups in total. The molecule has 0 saturated heterocycles. The Bertz CT molecular complexity index is 829. The lowest BCUT2D eigenvalue weighted by atomic mass is 9.92. The second-order valence-electron chi connectivity index (χ2n) is 5.92. The fraction of sp³-hybridized carbons (Fsp3) is 0.278. The molecule has 0 fully saturated rings. The Labute approximate surface area is 153 Å². The zero-order valence-corrected chi connectivity index (χ0v) is 14.7. The number of hydrogen-bond donors (Lipinski definition) is 1. The Morgan fingerprint density at radius 2 is 1.85 bits per heavy atom. The second-order valence-corrected chi connectivity index (χ2v) is 6.36. The number of urea groups is 1. The second kappa shape index (κ2) is 6.48. The van der Waals surface area contributed by atoms with Gasteiger partial charge in [-0.1, -0.05) is 41.9 Å². The molecule has 3 rings (SSSR count). The number of benzene rings is 2.